The number of aromatic nitrogens is 1. The topological polar surface area (TPSA) is 114 Å². The summed E-state index contributed by atoms with van der Waals surface area (Å²) in [4.78, 5) is 40.1. The zero-order valence-electron chi connectivity index (χ0n) is 13.7. The monoisotopic (exact) mass is 400 g/mol. The van der Waals surface area contributed by atoms with Crippen LogP contribution in [-0.2, 0) is 9.59 Å². The van der Waals surface area contributed by atoms with Crippen LogP contribution in [0.1, 0.15) is 6.42 Å². The van der Waals surface area contributed by atoms with Gasteiger partial charge in [-0.2, -0.15) is 0 Å². The number of nitrogens with zero attached hydrogens (tertiary/aromatic N) is 2. The molecule has 2 amide bonds. The maximum Gasteiger partial charge on any atom is 0.270 e. The van der Waals surface area contributed by atoms with Gasteiger partial charge in [-0.3, -0.25) is 19.7 Å². The highest BCUT2D eigenvalue weighted by Gasteiger charge is 2.29. The number of non-ortho nitro benzene ring substituents is 1. The third-order valence-corrected chi connectivity index (χ3v) is 6.12. The van der Waals surface area contributed by atoms with E-state index in [0.717, 1.165) is 21.9 Å². The lowest BCUT2D eigenvalue weighted by Crippen LogP contribution is -2.32. The van der Waals surface area contributed by atoms with Crippen molar-refractivity contribution in [3.63, 3.8) is 0 Å². The van der Waals surface area contributed by atoms with Crippen LogP contribution in [0.5, 0.6) is 0 Å². The molecule has 0 bridgehead atoms. The molecular formula is C17H12N4O4S2. The maximum absolute atomic E-state index is 12.3. The van der Waals surface area contributed by atoms with Crippen LogP contribution in [0, 0.1) is 10.1 Å². The number of para-hydroxylation sites is 1. The van der Waals surface area contributed by atoms with Crippen molar-refractivity contribution < 1.29 is 14.5 Å². The molecule has 1 aliphatic heterocycles. The molecule has 4 rings (SSSR count). The highest BCUT2D eigenvalue weighted by atomic mass is 32.2. The third-order valence-electron chi connectivity index (χ3n) is 3.91. The zero-order chi connectivity index (χ0) is 19.0. The third kappa shape index (κ3) is 3.62. The Kier molecular flexibility index (Phi) is 4.50. The second-order valence-corrected chi connectivity index (χ2v) is 8.05. The van der Waals surface area contributed by atoms with Crippen LogP contribution in [0.25, 0.3) is 10.2 Å². The van der Waals surface area contributed by atoms with Crippen molar-refractivity contribution in [3.05, 3.63) is 52.6 Å². The fourth-order valence-electron chi connectivity index (χ4n) is 2.65. The van der Waals surface area contributed by atoms with Gasteiger partial charge in [-0.05, 0) is 18.2 Å². The zero-order valence-corrected chi connectivity index (χ0v) is 15.3. The van der Waals surface area contributed by atoms with Crippen LogP contribution in [-0.4, -0.2) is 27.0 Å². The number of carbonyl (C=O) groups excluding carboxylic acids is 2. The van der Waals surface area contributed by atoms with E-state index in [2.05, 4.69) is 15.6 Å². The van der Waals surface area contributed by atoms with Gasteiger partial charge in [0.2, 0.25) is 11.8 Å². The maximum atomic E-state index is 12.3. The molecular weight excluding hydrogens is 388 g/mol. The highest BCUT2D eigenvalue weighted by molar-refractivity contribution is 8.01. The minimum Gasteiger partial charge on any atom is -0.324 e. The van der Waals surface area contributed by atoms with Gasteiger partial charge in [0.1, 0.15) is 0 Å². The first-order valence-corrected chi connectivity index (χ1v) is 9.60. The molecule has 1 unspecified atom stereocenters. The van der Waals surface area contributed by atoms with Crippen molar-refractivity contribution in [1.29, 1.82) is 0 Å². The van der Waals surface area contributed by atoms with E-state index in [4.69, 9.17) is 0 Å². The summed E-state index contributed by atoms with van der Waals surface area (Å²) in [5, 5.41) is 16.1. The standard InChI is InChI=1S/C17H12N4O4S2/c22-15(8-14-16(23)18-10-3-1-2-4-12(10)26-14)20-17-19-11-6-5-9(21(24)25)7-13(11)27-17/h1-7,14H,8H2,(H,18,23)(H,19,20,22). The molecule has 1 aliphatic rings. The lowest BCUT2D eigenvalue weighted by atomic mass is 10.2. The lowest BCUT2D eigenvalue weighted by Gasteiger charge is -2.23. The number of carbonyl (C=O) groups is 2. The Balaban J connectivity index is 1.46. The summed E-state index contributed by atoms with van der Waals surface area (Å²) < 4.78 is 0.609. The minimum absolute atomic E-state index is 0.000900. The number of hydrogen-bond donors (Lipinski definition) is 2. The van der Waals surface area contributed by atoms with Gasteiger partial charge in [0.05, 0.1) is 26.1 Å². The van der Waals surface area contributed by atoms with Gasteiger partial charge < -0.3 is 10.6 Å². The van der Waals surface area contributed by atoms with E-state index < -0.39 is 10.2 Å². The lowest BCUT2D eigenvalue weighted by molar-refractivity contribution is -0.384. The SMILES string of the molecule is O=C(CC1Sc2ccccc2NC1=O)Nc1nc2ccc([N+](=O)[O-])cc2s1. The number of thiazole rings is 1. The Labute approximate surface area is 161 Å². The van der Waals surface area contributed by atoms with E-state index in [-0.39, 0.29) is 23.9 Å². The quantitative estimate of drug-likeness (QED) is 0.510. The van der Waals surface area contributed by atoms with Crippen LogP contribution in [0.4, 0.5) is 16.5 Å². The summed E-state index contributed by atoms with van der Waals surface area (Å²) in [5.74, 6) is -0.552. The smallest absolute Gasteiger partial charge is 0.270 e. The first-order valence-electron chi connectivity index (χ1n) is 7.91. The largest absolute Gasteiger partial charge is 0.324 e. The number of benzene rings is 2. The normalized spacial score (nSPS) is 15.9. The Hall–Kier alpha value is -2.98. The van der Waals surface area contributed by atoms with Gasteiger partial charge in [0, 0.05) is 23.4 Å². The summed E-state index contributed by atoms with van der Waals surface area (Å²) in [5.41, 5.74) is 1.29. The molecule has 1 atom stereocenters. The van der Waals surface area contributed by atoms with Crippen molar-refractivity contribution in [2.45, 2.75) is 16.6 Å². The van der Waals surface area contributed by atoms with Crippen molar-refractivity contribution >= 4 is 61.6 Å². The summed E-state index contributed by atoms with van der Waals surface area (Å²) in [6, 6.07) is 11.8. The average molecular weight is 400 g/mol. The number of thioether (sulfide) groups is 1. The van der Waals surface area contributed by atoms with Crippen LogP contribution in [0.2, 0.25) is 0 Å². The molecule has 10 heteroatoms. The molecule has 8 nitrogen and oxygen atoms in total. The molecule has 136 valence electrons. The molecule has 0 saturated carbocycles. The van der Waals surface area contributed by atoms with Crippen LogP contribution >= 0.6 is 23.1 Å². The summed E-state index contributed by atoms with van der Waals surface area (Å²) in [6.45, 7) is 0. The van der Waals surface area contributed by atoms with E-state index in [1.807, 2.05) is 24.3 Å². The van der Waals surface area contributed by atoms with Crippen molar-refractivity contribution in [2.24, 2.45) is 0 Å². The van der Waals surface area contributed by atoms with Gasteiger partial charge in [-0.25, -0.2) is 4.98 Å². The number of rotatable bonds is 4. The van der Waals surface area contributed by atoms with Crippen LogP contribution in [0.15, 0.2) is 47.4 Å². The van der Waals surface area contributed by atoms with E-state index in [1.54, 1.807) is 6.07 Å². The van der Waals surface area contributed by atoms with Gasteiger partial charge in [0.25, 0.3) is 5.69 Å². The Morgan fingerprint density at radius 3 is 2.93 bits per heavy atom. The number of fused-ring (bicyclic) bond motifs is 2. The summed E-state index contributed by atoms with van der Waals surface area (Å²) in [6.07, 6.45) is 0.000900. The molecule has 0 aliphatic carbocycles. The van der Waals surface area contributed by atoms with E-state index in [9.17, 15) is 19.7 Å². The van der Waals surface area contributed by atoms with Crippen LogP contribution < -0.4 is 10.6 Å². The van der Waals surface area contributed by atoms with Crippen molar-refractivity contribution in [1.82, 2.24) is 4.98 Å². The molecule has 0 spiro atoms. The van der Waals surface area contributed by atoms with Gasteiger partial charge in [0.15, 0.2) is 5.13 Å². The predicted molar refractivity (Wildman–Crippen MR) is 104 cm³/mol. The molecule has 0 radical (unpaired) electrons. The van der Waals surface area contributed by atoms with Crippen molar-refractivity contribution in [3.8, 4) is 0 Å². The summed E-state index contributed by atoms with van der Waals surface area (Å²) in [7, 11) is 0. The number of nitro benzene ring substituents is 1. The van der Waals surface area contributed by atoms with E-state index >= 15 is 0 Å². The Morgan fingerprint density at radius 1 is 1.30 bits per heavy atom. The van der Waals surface area contributed by atoms with Crippen molar-refractivity contribution in [2.75, 3.05) is 10.6 Å². The fourth-order valence-corrected chi connectivity index (χ4v) is 4.67. The molecule has 1 aromatic heterocycles. The number of nitrogens with one attached hydrogen (secondary N) is 2. The number of anilines is 2. The Morgan fingerprint density at radius 2 is 2.11 bits per heavy atom. The molecule has 2 heterocycles. The fraction of sp³-hybridized carbons (Fsp3) is 0.118. The average Bonchev–Trinajstić information content (AvgIpc) is 3.03. The second-order valence-electron chi connectivity index (χ2n) is 5.77. The number of hydrogen-bond acceptors (Lipinski definition) is 7. The van der Waals surface area contributed by atoms with E-state index in [1.165, 1.54) is 23.9 Å². The molecule has 2 aromatic carbocycles. The Bertz CT molecular complexity index is 1080. The predicted octanol–water partition coefficient (Wildman–Crippen LogP) is 3.65. The second kappa shape index (κ2) is 6.97. The van der Waals surface area contributed by atoms with Gasteiger partial charge >= 0.3 is 0 Å². The van der Waals surface area contributed by atoms with E-state index in [0.29, 0.717) is 15.3 Å². The number of amides is 2. The summed E-state index contributed by atoms with van der Waals surface area (Å²) >= 11 is 2.50. The molecule has 0 saturated heterocycles. The van der Waals surface area contributed by atoms with Gasteiger partial charge in [-0.15, -0.1) is 11.8 Å². The molecule has 27 heavy (non-hydrogen) atoms. The molecule has 3 aromatic rings. The number of nitro groups is 1. The van der Waals surface area contributed by atoms with Crippen LogP contribution in [0.3, 0.4) is 0 Å². The molecule has 2 N–H and O–H groups in total. The molecule has 0 fully saturated rings. The van der Waals surface area contributed by atoms with Gasteiger partial charge in [-0.1, -0.05) is 23.5 Å². The first-order chi connectivity index (χ1) is 13.0. The highest BCUT2D eigenvalue weighted by Crippen LogP contribution is 2.37. The minimum atomic E-state index is -0.532. The first kappa shape index (κ1) is 17.4.